The van der Waals surface area contributed by atoms with Crippen LogP contribution >= 0.6 is 15.8 Å². The predicted molar refractivity (Wildman–Crippen MR) is 226 cm³/mol. The van der Waals surface area contributed by atoms with Crippen LogP contribution in [0.15, 0.2) is 84.9 Å². The van der Waals surface area contributed by atoms with Crippen molar-refractivity contribution in [1.82, 2.24) is 0 Å². The number of halogens is 12. The van der Waals surface area contributed by atoms with Gasteiger partial charge in [-0.25, -0.2) is 0 Å². The minimum atomic E-state index is -5.33. The number of alkyl halides is 12. The average molecular weight is 931 g/mol. The highest BCUT2D eigenvalue weighted by Crippen LogP contribution is 2.55. The summed E-state index contributed by atoms with van der Waals surface area (Å²) in [5.41, 5.74) is -3.58. The summed E-state index contributed by atoms with van der Waals surface area (Å²) in [6, 6.07) is 17.2. The highest BCUT2D eigenvalue weighted by molar-refractivity contribution is 7.80. The molecule has 3 atom stereocenters. The second-order valence-electron chi connectivity index (χ2n) is 16.0. The number of methoxy groups -OCH3 is 2. The summed E-state index contributed by atoms with van der Waals surface area (Å²) in [7, 11) is -1.01. The van der Waals surface area contributed by atoms with Crippen LogP contribution in [0, 0.1) is 33.6 Å². The molecule has 2 unspecified atom stereocenters. The second-order valence-corrected chi connectivity index (χ2v) is 20.7. The van der Waals surface area contributed by atoms with Gasteiger partial charge in [-0.15, -0.1) is 0 Å². The zero-order chi connectivity index (χ0) is 46.6. The highest BCUT2D eigenvalue weighted by atomic mass is 31.1. The summed E-state index contributed by atoms with van der Waals surface area (Å²) < 4.78 is 183. The van der Waals surface area contributed by atoms with E-state index in [4.69, 9.17) is 9.47 Å². The van der Waals surface area contributed by atoms with E-state index in [9.17, 15) is 52.7 Å². The molecule has 5 aromatic rings. The normalized spacial score (nSPS) is 16.8. The number of rotatable bonds is 10. The van der Waals surface area contributed by atoms with Gasteiger partial charge >= 0.3 is 24.7 Å². The van der Waals surface area contributed by atoms with E-state index < -0.39 is 90.9 Å². The van der Waals surface area contributed by atoms with Crippen LogP contribution in [0.5, 0.6) is 11.5 Å². The van der Waals surface area contributed by atoms with Crippen molar-refractivity contribution in [2.75, 3.05) is 14.2 Å². The van der Waals surface area contributed by atoms with Gasteiger partial charge in [-0.3, -0.25) is 0 Å². The van der Waals surface area contributed by atoms with Gasteiger partial charge < -0.3 is 9.47 Å². The van der Waals surface area contributed by atoms with Crippen LogP contribution in [-0.4, -0.2) is 19.9 Å². The van der Waals surface area contributed by atoms with Gasteiger partial charge in [0.1, 0.15) is 11.5 Å². The van der Waals surface area contributed by atoms with E-state index in [1.165, 1.54) is 6.92 Å². The Bertz CT molecular complexity index is 2230. The maximum absolute atomic E-state index is 14.3. The topological polar surface area (TPSA) is 18.5 Å². The number of hydrogen-bond acceptors (Lipinski definition) is 2. The smallest absolute Gasteiger partial charge is 0.416 e. The number of ether oxygens (including phenoxy) is 2. The molecule has 16 heteroatoms. The van der Waals surface area contributed by atoms with Crippen LogP contribution in [0.2, 0.25) is 0 Å². The van der Waals surface area contributed by atoms with Crippen LogP contribution in [-0.2, 0) is 24.7 Å². The van der Waals surface area contributed by atoms with Gasteiger partial charge in [0.25, 0.3) is 0 Å². The van der Waals surface area contributed by atoms with Crippen LogP contribution in [0.3, 0.4) is 0 Å². The summed E-state index contributed by atoms with van der Waals surface area (Å²) in [5.74, 6) is 0.371. The molecule has 63 heavy (non-hydrogen) atoms. The summed E-state index contributed by atoms with van der Waals surface area (Å²) in [6.07, 6.45) is -19.9. The lowest BCUT2D eigenvalue weighted by Gasteiger charge is -2.36. The zero-order valence-electron chi connectivity index (χ0n) is 35.2. The third-order valence-electron chi connectivity index (χ3n) is 11.7. The molecule has 338 valence electrons. The Kier molecular flexibility index (Phi) is 13.7. The molecule has 1 aliphatic rings. The van der Waals surface area contributed by atoms with Crippen molar-refractivity contribution in [3.05, 3.63) is 135 Å². The minimum Gasteiger partial charge on any atom is -0.496 e. The number of hydrogen-bond donors (Lipinski definition) is 0. The fraction of sp³-hybridized carbons (Fsp3) is 0.362. The molecule has 0 bridgehead atoms. The first-order valence-electron chi connectivity index (χ1n) is 19.8. The van der Waals surface area contributed by atoms with Crippen molar-refractivity contribution >= 4 is 42.4 Å². The first-order chi connectivity index (χ1) is 29.2. The predicted octanol–water partition coefficient (Wildman–Crippen LogP) is 13.2. The molecule has 2 nitrogen and oxygen atoms in total. The van der Waals surface area contributed by atoms with Crippen molar-refractivity contribution in [3.8, 4) is 11.5 Å². The molecule has 0 saturated heterocycles. The van der Waals surface area contributed by atoms with Gasteiger partial charge in [0.05, 0.1) is 36.5 Å². The van der Waals surface area contributed by atoms with E-state index in [1.54, 1.807) is 14.2 Å². The Labute approximate surface area is 360 Å². The van der Waals surface area contributed by atoms with Gasteiger partial charge in [0, 0.05) is 0 Å². The van der Waals surface area contributed by atoms with E-state index in [0.29, 0.717) is 55.0 Å². The monoisotopic (exact) mass is 930 g/mol. The van der Waals surface area contributed by atoms with Crippen molar-refractivity contribution in [2.24, 2.45) is 5.92 Å². The summed E-state index contributed by atoms with van der Waals surface area (Å²) >= 11 is 0. The molecule has 5 aromatic carbocycles. The highest BCUT2D eigenvalue weighted by Gasteiger charge is 2.44. The molecule has 0 aliphatic heterocycles. The Balaban J connectivity index is 1.60. The summed E-state index contributed by atoms with van der Waals surface area (Å²) in [6.45, 7) is 9.21. The number of aryl methyl sites for hydroxylation is 4. The van der Waals surface area contributed by atoms with Gasteiger partial charge in [0.2, 0.25) is 0 Å². The summed E-state index contributed by atoms with van der Waals surface area (Å²) in [4.78, 5) is 0. The molecular formula is C47H44F12O2P2. The molecule has 0 spiro atoms. The molecule has 6 rings (SSSR count). The molecule has 1 fully saturated rings. The van der Waals surface area contributed by atoms with Crippen LogP contribution < -0.4 is 36.0 Å². The Morgan fingerprint density at radius 1 is 0.508 bits per heavy atom. The van der Waals surface area contributed by atoms with E-state index in [2.05, 4.69) is 0 Å². The van der Waals surface area contributed by atoms with E-state index in [0.717, 1.165) is 43.7 Å². The second kappa shape index (κ2) is 17.9. The minimum absolute atomic E-state index is 0.100. The van der Waals surface area contributed by atoms with Gasteiger partial charge in [-0.2, -0.15) is 52.7 Å². The fourth-order valence-electron chi connectivity index (χ4n) is 9.11. The summed E-state index contributed by atoms with van der Waals surface area (Å²) in [5, 5.41) is 1.53. The average Bonchev–Trinajstić information content (AvgIpc) is 3.67. The van der Waals surface area contributed by atoms with Gasteiger partial charge in [0.15, 0.2) is 0 Å². The first kappa shape index (κ1) is 48.2. The van der Waals surface area contributed by atoms with Crippen LogP contribution in [0.25, 0.3) is 0 Å². The third-order valence-corrected chi connectivity index (χ3v) is 17.0. The van der Waals surface area contributed by atoms with Crippen LogP contribution in [0.4, 0.5) is 52.7 Å². The van der Waals surface area contributed by atoms with E-state index in [1.807, 2.05) is 76.2 Å². The SMILES string of the molecule is COc1c(C)cc(P(c2cc(C)c(OC)c(C)c2)c2ccccc2C2CCCC2[C@@H](C)P(c2cc(C(F)(F)F)cc(C(F)(F)F)c2)c2cc(C(F)(F)F)cc(C(F)(F)F)c2)cc1C. The van der Waals surface area contributed by atoms with Crippen molar-refractivity contribution in [1.29, 1.82) is 0 Å². The number of benzene rings is 5. The zero-order valence-corrected chi connectivity index (χ0v) is 37.0. The van der Waals surface area contributed by atoms with E-state index >= 15 is 0 Å². The molecule has 0 N–H and O–H groups in total. The molecular weight excluding hydrogens is 886 g/mol. The quantitative estimate of drug-likeness (QED) is 0.103. The fourth-order valence-corrected chi connectivity index (χ4v) is 15.1. The van der Waals surface area contributed by atoms with Crippen LogP contribution in [0.1, 0.15) is 82.2 Å². The largest absolute Gasteiger partial charge is 0.496 e. The first-order valence-corrected chi connectivity index (χ1v) is 22.6. The van der Waals surface area contributed by atoms with Crippen molar-refractivity contribution in [3.63, 3.8) is 0 Å². The maximum Gasteiger partial charge on any atom is 0.416 e. The lowest BCUT2D eigenvalue weighted by molar-refractivity contribution is -0.144. The van der Waals surface area contributed by atoms with Crippen molar-refractivity contribution in [2.45, 2.75) is 90.2 Å². The molecule has 0 radical (unpaired) electrons. The maximum atomic E-state index is 14.3. The lowest BCUT2D eigenvalue weighted by atomic mass is 9.87. The third kappa shape index (κ3) is 10.2. The lowest BCUT2D eigenvalue weighted by Crippen LogP contribution is -2.32. The molecule has 1 aliphatic carbocycles. The molecule has 0 amide bonds. The molecule has 0 aromatic heterocycles. The molecule has 0 heterocycles. The Morgan fingerprint density at radius 2 is 0.873 bits per heavy atom. The standard InChI is InChI=1S/C47H44F12O2P2/c1-25-15-34(16-26(2)42(25)60-6)63(35-17-27(3)43(61-7)28(4)18-35)41-14-9-8-11-40(41)39-13-10-12-38(39)29(5)62(36-21-30(44(48,49)50)19-31(22-36)45(51,52)53)37-23-32(46(54,55)56)20-33(24-37)47(57,58)59/h8-9,11,14-24,29,38-39H,10,12-13H2,1-7H3/t29-,38?,39?/m1/s1. The van der Waals surface area contributed by atoms with Crippen molar-refractivity contribution < 1.29 is 62.2 Å². The van der Waals surface area contributed by atoms with Gasteiger partial charge in [-0.1, -0.05) is 37.6 Å². The Hall–Kier alpha value is -4.28. The van der Waals surface area contributed by atoms with E-state index in [-0.39, 0.29) is 12.1 Å². The molecule has 1 saturated carbocycles. The van der Waals surface area contributed by atoms with Gasteiger partial charge in [-0.05, 0) is 189 Å². The Morgan fingerprint density at radius 3 is 1.22 bits per heavy atom.